The highest BCUT2D eigenvalue weighted by Gasteiger charge is 2.54. The SMILES string of the molecule is CCCNC1(C(=O)OCC)CC(C)(C)CC1C. The van der Waals surface area contributed by atoms with Gasteiger partial charge in [0, 0.05) is 0 Å². The van der Waals surface area contributed by atoms with Gasteiger partial charge in [-0.05, 0) is 44.1 Å². The molecule has 1 saturated carbocycles. The molecule has 0 aromatic rings. The summed E-state index contributed by atoms with van der Waals surface area (Å²) in [4.78, 5) is 12.3. The van der Waals surface area contributed by atoms with Gasteiger partial charge in [0.1, 0.15) is 5.54 Å². The van der Waals surface area contributed by atoms with Crippen LogP contribution < -0.4 is 5.32 Å². The van der Waals surface area contributed by atoms with Gasteiger partial charge in [-0.2, -0.15) is 0 Å². The van der Waals surface area contributed by atoms with Gasteiger partial charge >= 0.3 is 5.97 Å². The lowest BCUT2D eigenvalue weighted by molar-refractivity contribution is -0.153. The second-order valence-electron chi connectivity index (χ2n) is 6.06. The van der Waals surface area contributed by atoms with Gasteiger partial charge in [0.25, 0.3) is 0 Å². The first-order valence-corrected chi connectivity index (χ1v) is 6.80. The molecule has 0 bridgehead atoms. The molecule has 3 heteroatoms. The molecular formula is C14H27NO2. The van der Waals surface area contributed by atoms with E-state index in [2.05, 4.69) is 33.0 Å². The molecule has 3 nitrogen and oxygen atoms in total. The molecular weight excluding hydrogens is 214 g/mol. The highest BCUT2D eigenvalue weighted by molar-refractivity contribution is 5.82. The van der Waals surface area contributed by atoms with Crippen molar-refractivity contribution in [1.82, 2.24) is 5.32 Å². The van der Waals surface area contributed by atoms with Crippen molar-refractivity contribution in [3.63, 3.8) is 0 Å². The van der Waals surface area contributed by atoms with Gasteiger partial charge in [-0.3, -0.25) is 4.79 Å². The zero-order valence-corrected chi connectivity index (χ0v) is 11.9. The Morgan fingerprint density at radius 1 is 1.41 bits per heavy atom. The van der Waals surface area contributed by atoms with Crippen LogP contribution in [0.4, 0.5) is 0 Å². The fraction of sp³-hybridized carbons (Fsp3) is 0.929. The highest BCUT2D eigenvalue weighted by atomic mass is 16.5. The van der Waals surface area contributed by atoms with E-state index >= 15 is 0 Å². The van der Waals surface area contributed by atoms with Gasteiger partial charge in [0.05, 0.1) is 6.61 Å². The van der Waals surface area contributed by atoms with Crippen molar-refractivity contribution in [3.05, 3.63) is 0 Å². The molecule has 2 atom stereocenters. The number of carbonyl (C=O) groups is 1. The molecule has 1 fully saturated rings. The maximum absolute atomic E-state index is 12.3. The van der Waals surface area contributed by atoms with Crippen LogP contribution in [0, 0.1) is 11.3 Å². The first-order chi connectivity index (χ1) is 7.88. The van der Waals surface area contributed by atoms with Crippen molar-refractivity contribution < 1.29 is 9.53 Å². The number of nitrogens with one attached hydrogen (secondary N) is 1. The smallest absolute Gasteiger partial charge is 0.326 e. The summed E-state index contributed by atoms with van der Waals surface area (Å²) < 4.78 is 5.29. The van der Waals surface area contributed by atoms with Crippen molar-refractivity contribution >= 4 is 5.97 Å². The molecule has 0 heterocycles. The Labute approximate surface area is 105 Å². The summed E-state index contributed by atoms with van der Waals surface area (Å²) in [5.74, 6) is 0.273. The Morgan fingerprint density at radius 3 is 2.47 bits per heavy atom. The fourth-order valence-corrected chi connectivity index (χ4v) is 3.19. The predicted octanol–water partition coefficient (Wildman–Crippen LogP) is 2.74. The van der Waals surface area contributed by atoms with E-state index in [1.165, 1.54) is 0 Å². The lowest BCUT2D eigenvalue weighted by atomic mass is 9.86. The molecule has 17 heavy (non-hydrogen) atoms. The second-order valence-corrected chi connectivity index (χ2v) is 6.06. The van der Waals surface area contributed by atoms with Crippen molar-refractivity contribution in [2.75, 3.05) is 13.2 Å². The van der Waals surface area contributed by atoms with Crippen LogP contribution >= 0.6 is 0 Å². The van der Waals surface area contributed by atoms with E-state index in [9.17, 15) is 4.79 Å². The van der Waals surface area contributed by atoms with Crippen LogP contribution in [0.5, 0.6) is 0 Å². The van der Waals surface area contributed by atoms with Gasteiger partial charge in [0.15, 0.2) is 0 Å². The molecule has 0 aromatic heterocycles. The highest BCUT2D eigenvalue weighted by Crippen LogP contribution is 2.48. The number of hydrogen-bond donors (Lipinski definition) is 1. The minimum atomic E-state index is -0.463. The first kappa shape index (κ1) is 14.5. The zero-order chi connectivity index (χ0) is 13.1. The third-order valence-electron chi connectivity index (χ3n) is 3.79. The molecule has 100 valence electrons. The lowest BCUT2D eigenvalue weighted by Gasteiger charge is -2.33. The average Bonchev–Trinajstić information content (AvgIpc) is 2.47. The summed E-state index contributed by atoms with van der Waals surface area (Å²) in [6, 6.07) is 0. The molecule has 0 aliphatic heterocycles. The molecule has 1 rings (SSSR count). The third kappa shape index (κ3) is 3.01. The van der Waals surface area contributed by atoms with Gasteiger partial charge < -0.3 is 10.1 Å². The fourth-order valence-electron chi connectivity index (χ4n) is 3.19. The second kappa shape index (κ2) is 5.38. The normalized spacial score (nSPS) is 31.5. The van der Waals surface area contributed by atoms with Gasteiger partial charge in [-0.1, -0.05) is 27.7 Å². The molecule has 1 aliphatic carbocycles. The Bertz CT molecular complexity index is 275. The van der Waals surface area contributed by atoms with Gasteiger partial charge in [-0.15, -0.1) is 0 Å². The van der Waals surface area contributed by atoms with Gasteiger partial charge in [-0.25, -0.2) is 0 Å². The largest absolute Gasteiger partial charge is 0.465 e. The Hall–Kier alpha value is -0.570. The minimum absolute atomic E-state index is 0.0634. The van der Waals surface area contributed by atoms with Crippen molar-refractivity contribution in [2.45, 2.75) is 59.4 Å². The van der Waals surface area contributed by atoms with Crippen LogP contribution in [0.1, 0.15) is 53.9 Å². The van der Waals surface area contributed by atoms with Crippen LogP contribution in [0.15, 0.2) is 0 Å². The van der Waals surface area contributed by atoms with Crippen LogP contribution in [0.25, 0.3) is 0 Å². The predicted molar refractivity (Wildman–Crippen MR) is 69.8 cm³/mol. The van der Waals surface area contributed by atoms with Crippen LogP contribution in [0.3, 0.4) is 0 Å². The van der Waals surface area contributed by atoms with E-state index in [0.717, 1.165) is 25.8 Å². The summed E-state index contributed by atoms with van der Waals surface area (Å²) in [7, 11) is 0. The Balaban J connectivity index is 2.90. The molecule has 2 unspecified atom stereocenters. The monoisotopic (exact) mass is 241 g/mol. The van der Waals surface area contributed by atoms with E-state index in [0.29, 0.717) is 12.5 Å². The molecule has 0 spiro atoms. The number of esters is 1. The van der Waals surface area contributed by atoms with Crippen molar-refractivity contribution in [3.8, 4) is 0 Å². The number of rotatable bonds is 5. The number of carbonyl (C=O) groups excluding carboxylic acids is 1. The molecule has 0 amide bonds. The Morgan fingerprint density at radius 2 is 2.06 bits per heavy atom. The summed E-state index contributed by atoms with van der Waals surface area (Å²) in [6.07, 6.45) is 2.98. The van der Waals surface area contributed by atoms with Gasteiger partial charge in [0.2, 0.25) is 0 Å². The summed E-state index contributed by atoms with van der Waals surface area (Å²) >= 11 is 0. The topological polar surface area (TPSA) is 38.3 Å². The molecule has 0 radical (unpaired) electrons. The van der Waals surface area contributed by atoms with E-state index in [1.54, 1.807) is 0 Å². The molecule has 1 aliphatic rings. The maximum atomic E-state index is 12.3. The maximum Gasteiger partial charge on any atom is 0.326 e. The quantitative estimate of drug-likeness (QED) is 0.752. The van der Waals surface area contributed by atoms with Crippen molar-refractivity contribution in [2.24, 2.45) is 11.3 Å². The lowest BCUT2D eigenvalue weighted by Crippen LogP contribution is -2.55. The van der Waals surface area contributed by atoms with Crippen molar-refractivity contribution in [1.29, 1.82) is 0 Å². The third-order valence-corrected chi connectivity index (χ3v) is 3.79. The van der Waals surface area contributed by atoms with Crippen LogP contribution in [0.2, 0.25) is 0 Å². The zero-order valence-electron chi connectivity index (χ0n) is 11.9. The van der Waals surface area contributed by atoms with Crippen LogP contribution in [-0.2, 0) is 9.53 Å². The van der Waals surface area contributed by atoms with E-state index < -0.39 is 5.54 Å². The van der Waals surface area contributed by atoms with E-state index in [-0.39, 0.29) is 11.4 Å². The standard InChI is InChI=1S/C14H27NO2/c1-6-8-15-14(12(16)17-7-2)10-13(4,5)9-11(14)3/h11,15H,6-10H2,1-5H3. The molecule has 1 N–H and O–H groups in total. The van der Waals surface area contributed by atoms with E-state index in [1.807, 2.05) is 6.92 Å². The molecule has 0 saturated heterocycles. The number of hydrogen-bond acceptors (Lipinski definition) is 3. The first-order valence-electron chi connectivity index (χ1n) is 6.80. The average molecular weight is 241 g/mol. The summed E-state index contributed by atoms with van der Waals surface area (Å²) in [5.41, 5.74) is -0.248. The number of ether oxygens (including phenoxy) is 1. The summed E-state index contributed by atoms with van der Waals surface area (Å²) in [6.45, 7) is 12.0. The molecule has 0 aromatic carbocycles. The van der Waals surface area contributed by atoms with E-state index in [4.69, 9.17) is 4.74 Å². The minimum Gasteiger partial charge on any atom is -0.465 e. The summed E-state index contributed by atoms with van der Waals surface area (Å²) in [5, 5.41) is 3.46. The van der Waals surface area contributed by atoms with Crippen LogP contribution in [-0.4, -0.2) is 24.7 Å². The Kier molecular flexibility index (Phi) is 4.59.